The van der Waals surface area contributed by atoms with Gasteiger partial charge in [-0.15, -0.1) is 0 Å². The van der Waals surface area contributed by atoms with Crippen LogP contribution in [0.2, 0.25) is 0 Å². The molecule has 0 radical (unpaired) electrons. The van der Waals surface area contributed by atoms with Crippen LogP contribution in [0, 0.1) is 23.7 Å². The minimum atomic E-state index is -4.96. The fourth-order valence-corrected chi connectivity index (χ4v) is 14.0. The first-order valence-corrected chi connectivity index (χ1v) is 44.7. The highest BCUT2D eigenvalue weighted by Gasteiger charge is 2.30. The Morgan fingerprint density at radius 1 is 0.280 bits per heavy atom. The quantitative estimate of drug-likeness (QED) is 0.0222. The number of aliphatic hydroxyl groups is 1. The van der Waals surface area contributed by atoms with Crippen LogP contribution in [0.15, 0.2) is 0 Å². The van der Waals surface area contributed by atoms with Crippen molar-refractivity contribution in [3.05, 3.63) is 0 Å². The Balaban J connectivity index is 5.25. The van der Waals surface area contributed by atoms with Gasteiger partial charge in [-0.25, -0.2) is 9.13 Å². The molecule has 0 saturated heterocycles. The number of hydrogen-bond donors (Lipinski definition) is 3. The van der Waals surface area contributed by atoms with Crippen molar-refractivity contribution in [2.24, 2.45) is 23.7 Å². The molecule has 0 aliphatic heterocycles. The van der Waals surface area contributed by atoms with E-state index in [0.29, 0.717) is 31.6 Å². The lowest BCUT2D eigenvalue weighted by molar-refractivity contribution is -0.161. The van der Waals surface area contributed by atoms with E-state index in [9.17, 15) is 43.2 Å². The fourth-order valence-electron chi connectivity index (χ4n) is 12.4. The highest BCUT2D eigenvalue weighted by Crippen LogP contribution is 2.45. The summed E-state index contributed by atoms with van der Waals surface area (Å²) in [5, 5.41) is 10.6. The van der Waals surface area contributed by atoms with Gasteiger partial charge in [0.05, 0.1) is 26.4 Å². The fraction of sp³-hybridized carbons (Fsp3) is 0.951. The van der Waals surface area contributed by atoms with Gasteiger partial charge in [-0.3, -0.25) is 37.3 Å². The summed E-state index contributed by atoms with van der Waals surface area (Å²) < 4.78 is 68.7. The molecular formula is C81H158O17P2. The van der Waals surface area contributed by atoms with E-state index < -0.39 is 97.5 Å². The van der Waals surface area contributed by atoms with Gasteiger partial charge in [0.2, 0.25) is 0 Å². The third kappa shape index (κ3) is 73.0. The molecule has 0 aromatic heterocycles. The van der Waals surface area contributed by atoms with E-state index in [2.05, 4.69) is 55.4 Å². The number of unbranched alkanes of at least 4 members (excludes halogenated alkanes) is 43. The van der Waals surface area contributed by atoms with Gasteiger partial charge in [-0.2, -0.15) is 0 Å². The Labute approximate surface area is 613 Å². The van der Waals surface area contributed by atoms with Gasteiger partial charge < -0.3 is 33.8 Å². The number of ether oxygens (including phenoxy) is 4. The number of esters is 4. The number of aliphatic hydroxyl groups excluding tert-OH is 1. The van der Waals surface area contributed by atoms with Crippen LogP contribution in [0.1, 0.15) is 415 Å². The zero-order valence-corrected chi connectivity index (χ0v) is 67.6. The van der Waals surface area contributed by atoms with Gasteiger partial charge in [0, 0.05) is 25.7 Å². The van der Waals surface area contributed by atoms with E-state index in [1.54, 1.807) is 0 Å². The van der Waals surface area contributed by atoms with E-state index in [0.717, 1.165) is 114 Å². The minimum absolute atomic E-state index is 0.105. The smallest absolute Gasteiger partial charge is 0.462 e. The third-order valence-electron chi connectivity index (χ3n) is 19.2. The van der Waals surface area contributed by atoms with Crippen LogP contribution < -0.4 is 0 Å². The molecule has 0 amide bonds. The van der Waals surface area contributed by atoms with E-state index >= 15 is 0 Å². The Hall–Kier alpha value is -1.94. The molecule has 0 aromatic carbocycles. The summed E-state index contributed by atoms with van der Waals surface area (Å²) in [5.74, 6) is 1.00. The lowest BCUT2D eigenvalue weighted by atomic mass is 9.99. The Kier molecular flexibility index (Phi) is 68.7. The number of carbonyl (C=O) groups is 4. The summed E-state index contributed by atoms with van der Waals surface area (Å²) in [6.45, 7) is 14.3. The first-order chi connectivity index (χ1) is 48.1. The predicted octanol–water partition coefficient (Wildman–Crippen LogP) is 24.0. The largest absolute Gasteiger partial charge is 0.472 e. The normalized spacial score (nSPS) is 14.3. The monoisotopic (exact) mass is 1470 g/mol. The third-order valence-corrected chi connectivity index (χ3v) is 21.1. The second kappa shape index (κ2) is 70.1. The van der Waals surface area contributed by atoms with Crippen molar-refractivity contribution in [2.75, 3.05) is 39.6 Å². The van der Waals surface area contributed by atoms with Crippen LogP contribution in [0.5, 0.6) is 0 Å². The average molecular weight is 1470 g/mol. The molecule has 0 bridgehead atoms. The maximum Gasteiger partial charge on any atom is 0.472 e. The van der Waals surface area contributed by atoms with E-state index in [1.165, 1.54) is 212 Å². The first kappa shape index (κ1) is 98.1. The second-order valence-corrected chi connectivity index (χ2v) is 33.7. The molecule has 594 valence electrons. The lowest BCUT2D eigenvalue weighted by Crippen LogP contribution is -2.30. The molecule has 0 rings (SSSR count). The van der Waals surface area contributed by atoms with Crippen LogP contribution in [-0.4, -0.2) is 96.7 Å². The van der Waals surface area contributed by atoms with Crippen molar-refractivity contribution < 1.29 is 80.2 Å². The number of carbonyl (C=O) groups excluding carboxylic acids is 4. The molecule has 0 spiro atoms. The Morgan fingerprint density at radius 2 is 0.480 bits per heavy atom. The first-order valence-electron chi connectivity index (χ1n) is 41.7. The molecule has 0 aliphatic carbocycles. The van der Waals surface area contributed by atoms with Gasteiger partial charge in [0.25, 0.3) is 0 Å². The number of phosphoric ester groups is 2. The van der Waals surface area contributed by atoms with Crippen molar-refractivity contribution in [1.82, 2.24) is 0 Å². The number of rotatable bonds is 78. The van der Waals surface area contributed by atoms with Gasteiger partial charge in [0.1, 0.15) is 19.3 Å². The molecule has 0 aromatic rings. The van der Waals surface area contributed by atoms with E-state index in [-0.39, 0.29) is 25.7 Å². The molecule has 0 fully saturated rings. The zero-order chi connectivity index (χ0) is 73.8. The van der Waals surface area contributed by atoms with Crippen LogP contribution in [-0.2, 0) is 65.4 Å². The molecule has 100 heavy (non-hydrogen) atoms. The van der Waals surface area contributed by atoms with Crippen molar-refractivity contribution in [1.29, 1.82) is 0 Å². The van der Waals surface area contributed by atoms with Crippen LogP contribution >= 0.6 is 15.6 Å². The predicted molar refractivity (Wildman–Crippen MR) is 409 cm³/mol. The maximum absolute atomic E-state index is 13.1. The maximum atomic E-state index is 13.1. The molecule has 3 N–H and O–H groups in total. The minimum Gasteiger partial charge on any atom is -0.462 e. The summed E-state index contributed by atoms with van der Waals surface area (Å²) in [5.41, 5.74) is 0. The van der Waals surface area contributed by atoms with Gasteiger partial charge >= 0.3 is 39.5 Å². The summed E-state index contributed by atoms with van der Waals surface area (Å²) in [7, 11) is -9.92. The summed E-state index contributed by atoms with van der Waals surface area (Å²) in [6.07, 6.45) is 56.9. The van der Waals surface area contributed by atoms with Crippen LogP contribution in [0.4, 0.5) is 0 Å². The molecule has 19 heteroatoms. The summed E-state index contributed by atoms with van der Waals surface area (Å²) in [4.78, 5) is 73.0. The SMILES string of the molecule is CCC(C)CCCCCCCCCCCCC(=O)O[C@H](COC(=O)CCCCCCCCCC(C)C)COP(=O)(O)OCC(O)COP(=O)(O)OC[C@@H](COC(=O)CCCCCCCCCCCCCCCCCC(C)C)OC(=O)CCCCCCCCCCCCCCCCCC(C)C. The highest BCUT2D eigenvalue weighted by atomic mass is 31.2. The summed E-state index contributed by atoms with van der Waals surface area (Å²) in [6, 6.07) is 0. The second-order valence-electron chi connectivity index (χ2n) is 30.8. The highest BCUT2D eigenvalue weighted by molar-refractivity contribution is 7.47. The van der Waals surface area contributed by atoms with Gasteiger partial charge in [0.15, 0.2) is 12.2 Å². The van der Waals surface area contributed by atoms with Crippen molar-refractivity contribution >= 4 is 39.5 Å². The van der Waals surface area contributed by atoms with E-state index in [1.807, 2.05) is 0 Å². The zero-order valence-electron chi connectivity index (χ0n) is 65.8. The van der Waals surface area contributed by atoms with Gasteiger partial charge in [-0.05, 0) is 49.4 Å². The van der Waals surface area contributed by atoms with E-state index in [4.69, 9.17) is 37.0 Å². The molecule has 17 nitrogen and oxygen atoms in total. The van der Waals surface area contributed by atoms with Gasteiger partial charge in [-0.1, -0.05) is 364 Å². The van der Waals surface area contributed by atoms with Crippen molar-refractivity contribution in [3.63, 3.8) is 0 Å². The molecule has 6 atom stereocenters. The van der Waals surface area contributed by atoms with Crippen LogP contribution in [0.25, 0.3) is 0 Å². The molecule has 0 saturated carbocycles. The number of hydrogen-bond acceptors (Lipinski definition) is 15. The van der Waals surface area contributed by atoms with Crippen molar-refractivity contribution in [3.8, 4) is 0 Å². The summed E-state index contributed by atoms with van der Waals surface area (Å²) >= 11 is 0. The lowest BCUT2D eigenvalue weighted by Gasteiger charge is -2.21. The molecule has 0 heterocycles. The Bertz CT molecular complexity index is 1960. The molecular weight excluding hydrogens is 1310 g/mol. The molecule has 4 unspecified atom stereocenters. The standard InChI is InChI=1S/C81H158O17P2/c1-9-74(8)60-52-44-36-28-24-25-31-39-48-56-64-81(86)98-77(68-92-79(84)62-54-46-40-32-35-43-51-59-73(6)7)70-96-100(89,90)94-66-75(82)65-93-99(87,88)95-69-76(97-80(85)63-55-47-38-30-23-19-15-11-13-17-21-27-34-42-50-58-72(4)5)67-91-78(83)61-53-45-37-29-22-18-14-10-12-16-20-26-33-41-49-57-71(2)3/h71-77,82H,9-70H2,1-8H3,(H,87,88)(H,89,90)/t74?,75?,76-,77-/m1/s1. The average Bonchev–Trinajstić information content (AvgIpc) is 0.916. The number of phosphoric acid groups is 2. The molecule has 0 aliphatic rings. The topological polar surface area (TPSA) is 237 Å². The van der Waals surface area contributed by atoms with Crippen LogP contribution in [0.3, 0.4) is 0 Å². The van der Waals surface area contributed by atoms with Crippen molar-refractivity contribution in [2.45, 2.75) is 433 Å². The Morgan fingerprint density at radius 3 is 0.710 bits per heavy atom.